The summed E-state index contributed by atoms with van der Waals surface area (Å²) in [5.74, 6) is -3.43. The van der Waals surface area contributed by atoms with Crippen LogP contribution in [0.15, 0.2) is 58.7 Å². The van der Waals surface area contributed by atoms with Gasteiger partial charge in [-0.15, -0.1) is 0 Å². The Morgan fingerprint density at radius 1 is 0.894 bits per heavy atom. The summed E-state index contributed by atoms with van der Waals surface area (Å²) in [5.41, 5.74) is 0.782. The molecule has 16 nitrogen and oxygen atoms in total. The Labute approximate surface area is 397 Å². The van der Waals surface area contributed by atoms with Crippen molar-refractivity contribution in [3.63, 3.8) is 0 Å². The second-order valence-electron chi connectivity index (χ2n) is 17.5. The molecular weight excluding hydrogens is 903 g/mol. The van der Waals surface area contributed by atoms with Crippen molar-refractivity contribution >= 4 is 35.1 Å². The van der Waals surface area contributed by atoms with Crippen molar-refractivity contribution in [3.05, 3.63) is 79.9 Å². The number of aromatic hydroxyl groups is 2. The number of cyclic esters (lactones) is 1. The van der Waals surface area contributed by atoms with E-state index in [4.69, 9.17) is 56.4 Å². The summed E-state index contributed by atoms with van der Waals surface area (Å²) in [7, 11) is 1.29. The van der Waals surface area contributed by atoms with Crippen LogP contribution in [0.25, 0.3) is 0 Å². The van der Waals surface area contributed by atoms with E-state index >= 15 is 0 Å². The highest BCUT2D eigenvalue weighted by Gasteiger charge is 2.50. The Hall–Kier alpha value is -3.36. The van der Waals surface area contributed by atoms with Crippen LogP contribution in [0.3, 0.4) is 0 Å². The maximum Gasteiger partial charge on any atom is 0.342 e. The Kier molecular flexibility index (Phi) is 20.3. The smallest absolute Gasteiger partial charge is 0.342 e. The van der Waals surface area contributed by atoms with Gasteiger partial charge in [-0.25, -0.2) is 9.59 Å². The normalized spacial score (nSPS) is 36.4. The molecule has 0 spiro atoms. The summed E-state index contributed by atoms with van der Waals surface area (Å²) >= 11 is 12.3. The second kappa shape index (κ2) is 24.3. The Bertz CT molecular complexity index is 2010. The number of allylic oxidation sites excluding steroid dienone is 4. The molecule has 3 aliphatic rings. The fourth-order valence-corrected chi connectivity index (χ4v) is 8.68. The van der Waals surface area contributed by atoms with E-state index in [-0.39, 0.29) is 47.1 Å². The zero-order chi connectivity index (χ0) is 49.4. The Morgan fingerprint density at radius 2 is 1.58 bits per heavy atom. The minimum Gasteiger partial charge on any atom is -0.505 e. The van der Waals surface area contributed by atoms with E-state index in [1.807, 2.05) is 45.9 Å². The van der Waals surface area contributed by atoms with Crippen LogP contribution in [0.5, 0.6) is 11.5 Å². The third-order valence-electron chi connectivity index (χ3n) is 12.3. The van der Waals surface area contributed by atoms with Gasteiger partial charge in [-0.05, 0) is 90.0 Å². The largest absolute Gasteiger partial charge is 0.505 e. The van der Waals surface area contributed by atoms with E-state index in [1.165, 1.54) is 20.1 Å². The predicted molar refractivity (Wildman–Crippen MR) is 245 cm³/mol. The number of hydrogen-bond donors (Lipinski definition) is 7. The zero-order valence-corrected chi connectivity index (χ0v) is 40.8. The highest BCUT2D eigenvalue weighted by atomic mass is 35.5. The Morgan fingerprint density at radius 3 is 2.20 bits per heavy atom. The van der Waals surface area contributed by atoms with Gasteiger partial charge in [0.1, 0.15) is 47.2 Å². The zero-order valence-electron chi connectivity index (χ0n) is 39.3. The number of methoxy groups -OCH3 is 1. The molecule has 4 rings (SSSR count). The number of benzene rings is 1. The first-order chi connectivity index (χ1) is 31.0. The fourth-order valence-electron chi connectivity index (χ4n) is 8.12. The van der Waals surface area contributed by atoms with Gasteiger partial charge in [0, 0.05) is 19.4 Å². The number of aliphatic hydroxyl groups is 5. The van der Waals surface area contributed by atoms with Crippen molar-refractivity contribution in [2.45, 2.75) is 174 Å². The average molecular weight is 972 g/mol. The second-order valence-corrected chi connectivity index (χ2v) is 18.3. The first-order valence-electron chi connectivity index (χ1n) is 22.3. The number of phenols is 2. The van der Waals surface area contributed by atoms with Crippen molar-refractivity contribution in [1.82, 2.24) is 0 Å². The molecule has 370 valence electrons. The molecule has 0 aromatic heterocycles. The van der Waals surface area contributed by atoms with Gasteiger partial charge in [0.2, 0.25) is 0 Å². The van der Waals surface area contributed by atoms with Gasteiger partial charge < -0.3 is 68.9 Å². The van der Waals surface area contributed by atoms with E-state index in [0.717, 1.165) is 11.1 Å². The number of esters is 2. The van der Waals surface area contributed by atoms with E-state index in [2.05, 4.69) is 0 Å². The Balaban J connectivity index is 1.58. The minimum absolute atomic E-state index is 0.0791. The first-order valence-corrected chi connectivity index (χ1v) is 23.0. The van der Waals surface area contributed by atoms with E-state index in [9.17, 15) is 45.3 Å². The van der Waals surface area contributed by atoms with Gasteiger partial charge in [0.05, 0.1) is 41.1 Å². The van der Waals surface area contributed by atoms with E-state index < -0.39 is 108 Å². The quantitative estimate of drug-likeness (QED) is 0.0986. The molecule has 2 fully saturated rings. The third kappa shape index (κ3) is 13.0. The SMILES string of the molecule is CCc1c(Cl)c(O)c(Cl)c(O)c1C(=O)O[C@H]1[C@H](O)[C@H](OC)[C@H](OC/C2=C\C=C\C[C@H](O)/C(C)=C/[C@H](CC)[C@@H](O[C@@H]3OC(C)(C)[C@@H](O)[C@H](O)[C@@H]3O)/C(C)=C/C(C)=C/C[C@@H](CC)OC2=O)O[C@@H]1C. The van der Waals surface area contributed by atoms with Crippen LogP contribution in [0.1, 0.15) is 104 Å². The van der Waals surface area contributed by atoms with Crippen LogP contribution in [-0.4, -0.2) is 141 Å². The minimum atomic E-state index is -1.53. The number of ether oxygens (including phenoxy) is 7. The van der Waals surface area contributed by atoms with Crippen LogP contribution in [0, 0.1) is 5.92 Å². The highest BCUT2D eigenvalue weighted by Crippen LogP contribution is 2.45. The van der Waals surface area contributed by atoms with Crippen molar-refractivity contribution in [2.75, 3.05) is 13.7 Å². The number of aliphatic hydroxyl groups excluding tert-OH is 5. The van der Waals surface area contributed by atoms with Gasteiger partial charge in [-0.2, -0.15) is 0 Å². The molecule has 3 heterocycles. The molecule has 0 aliphatic carbocycles. The first kappa shape index (κ1) is 55.2. The summed E-state index contributed by atoms with van der Waals surface area (Å²) in [6.45, 7) is 15.4. The average Bonchev–Trinajstić information content (AvgIpc) is 3.27. The lowest BCUT2D eigenvalue weighted by Crippen LogP contribution is -2.63. The molecule has 0 bridgehead atoms. The third-order valence-corrected chi connectivity index (χ3v) is 13.0. The van der Waals surface area contributed by atoms with Crippen molar-refractivity contribution < 1.29 is 78.5 Å². The molecule has 0 amide bonds. The lowest BCUT2D eigenvalue weighted by atomic mass is 9.88. The molecule has 3 aliphatic heterocycles. The number of hydrogen-bond acceptors (Lipinski definition) is 16. The van der Waals surface area contributed by atoms with E-state index in [1.54, 1.807) is 39.8 Å². The molecule has 18 heteroatoms. The summed E-state index contributed by atoms with van der Waals surface area (Å²) in [5, 5.41) is 75.0. The molecule has 66 heavy (non-hydrogen) atoms. The molecule has 0 saturated carbocycles. The molecule has 7 N–H and O–H groups in total. The maximum atomic E-state index is 13.8. The number of halogens is 2. The molecule has 1 aromatic rings. The predicted octanol–water partition coefficient (Wildman–Crippen LogP) is 6.06. The summed E-state index contributed by atoms with van der Waals surface area (Å²) in [4.78, 5) is 27.3. The number of rotatable bonds is 11. The molecule has 1 aromatic carbocycles. The summed E-state index contributed by atoms with van der Waals surface area (Å²) in [6.07, 6.45) is -2.06. The number of carbonyl (C=O) groups excluding carboxylic acids is 2. The van der Waals surface area contributed by atoms with Gasteiger partial charge in [-0.3, -0.25) is 0 Å². The van der Waals surface area contributed by atoms with Crippen molar-refractivity contribution in [2.24, 2.45) is 5.92 Å². The monoisotopic (exact) mass is 970 g/mol. The molecule has 13 atom stereocenters. The summed E-state index contributed by atoms with van der Waals surface area (Å²) in [6, 6.07) is 0. The lowest BCUT2D eigenvalue weighted by molar-refractivity contribution is -0.331. The highest BCUT2D eigenvalue weighted by molar-refractivity contribution is 6.39. The van der Waals surface area contributed by atoms with Crippen LogP contribution >= 0.6 is 23.2 Å². The molecule has 0 unspecified atom stereocenters. The van der Waals surface area contributed by atoms with E-state index in [0.29, 0.717) is 24.8 Å². The lowest BCUT2D eigenvalue weighted by Gasteiger charge is -2.46. The number of phenolic OH excluding ortho intramolecular Hbond substituents is 2. The van der Waals surface area contributed by atoms with Gasteiger partial charge in [-0.1, -0.05) is 79.9 Å². The van der Waals surface area contributed by atoms with Crippen LogP contribution in [0.4, 0.5) is 0 Å². The number of carbonyl (C=O) groups is 2. The summed E-state index contributed by atoms with van der Waals surface area (Å²) < 4.78 is 41.7. The van der Waals surface area contributed by atoms with Crippen molar-refractivity contribution in [3.8, 4) is 11.5 Å². The maximum absolute atomic E-state index is 13.8. The fraction of sp³-hybridized carbons (Fsp3) is 0.625. The van der Waals surface area contributed by atoms with Crippen LogP contribution in [0.2, 0.25) is 10.0 Å². The van der Waals surface area contributed by atoms with Gasteiger partial charge >= 0.3 is 11.9 Å². The van der Waals surface area contributed by atoms with Crippen LogP contribution < -0.4 is 0 Å². The molecular formula is C48H68Cl2O16. The molecule has 2 saturated heterocycles. The van der Waals surface area contributed by atoms with Crippen LogP contribution in [-0.2, 0) is 44.4 Å². The van der Waals surface area contributed by atoms with Gasteiger partial charge in [0.15, 0.2) is 30.2 Å². The molecule has 0 radical (unpaired) electrons. The topological polar surface area (TPSA) is 240 Å². The van der Waals surface area contributed by atoms with Crippen molar-refractivity contribution in [1.29, 1.82) is 0 Å². The van der Waals surface area contributed by atoms with Gasteiger partial charge in [0.25, 0.3) is 0 Å². The standard InChI is InChI=1S/C48H68Cl2O16/c1-11-27-21-24(5)31(51)17-15-14-16-28(44(58)63-29(12-2)19-18-23(4)20-25(6)40(27)65-46-38(55)37(54)43(57)48(8,9)66-46)22-61-47-42(60-10)39(56)41(26(7)62-47)64-45(59)32-30(13-3)33(49)36(53)34(50)35(32)52/h14-16,18,20-21,26-27,29,31,37-43,46-47,51-57H,11-13,17,19,22H2,1-10H3/b15-14+,23-18+,24-21+,25-20+,28-16+/t26-,27+,29-,31+,37-,38+,39+,40+,41-,42+,43+,46-,47-/m1/s1.